The van der Waals surface area contributed by atoms with Gasteiger partial charge in [-0.1, -0.05) is 43.8 Å². The van der Waals surface area contributed by atoms with E-state index in [9.17, 15) is 4.79 Å². The van der Waals surface area contributed by atoms with Gasteiger partial charge in [-0.25, -0.2) is 0 Å². The van der Waals surface area contributed by atoms with Crippen LogP contribution in [-0.4, -0.2) is 37.5 Å². The summed E-state index contributed by atoms with van der Waals surface area (Å²) in [6.07, 6.45) is 5.56. The molecule has 2 heterocycles. The van der Waals surface area contributed by atoms with Gasteiger partial charge in [-0.3, -0.25) is 14.3 Å². The first-order chi connectivity index (χ1) is 14.0. The highest BCUT2D eigenvalue weighted by Crippen LogP contribution is 2.27. The Morgan fingerprint density at radius 3 is 2.45 bits per heavy atom. The van der Waals surface area contributed by atoms with Crippen molar-refractivity contribution in [3.8, 4) is 17.1 Å². The molecule has 0 aliphatic carbocycles. The molecule has 3 aromatic rings. The molecule has 0 aliphatic rings. The van der Waals surface area contributed by atoms with Crippen molar-refractivity contribution in [3.05, 3.63) is 54.9 Å². The third-order valence-electron chi connectivity index (χ3n) is 4.50. The van der Waals surface area contributed by atoms with Gasteiger partial charge in [-0.2, -0.15) is 0 Å². The molecule has 152 valence electrons. The average molecular weight is 410 g/mol. The van der Waals surface area contributed by atoms with Crippen LogP contribution in [0.25, 0.3) is 17.1 Å². The SMILES string of the molecule is CC(C)CC[C@@H](C)NC(=O)CSc1nnc(-c2ccncc2)n1-c1ccccc1. The van der Waals surface area contributed by atoms with Crippen LogP contribution in [0, 0.1) is 5.92 Å². The fraction of sp³-hybridized carbons (Fsp3) is 0.364. The summed E-state index contributed by atoms with van der Waals surface area (Å²) in [6.45, 7) is 6.45. The molecule has 0 radical (unpaired) electrons. The first kappa shape index (κ1) is 21.0. The lowest BCUT2D eigenvalue weighted by Crippen LogP contribution is -2.34. The monoisotopic (exact) mass is 409 g/mol. The molecule has 0 saturated heterocycles. The second-order valence-electron chi connectivity index (χ2n) is 7.44. The van der Waals surface area contributed by atoms with E-state index < -0.39 is 0 Å². The summed E-state index contributed by atoms with van der Waals surface area (Å²) in [7, 11) is 0. The number of hydrogen-bond donors (Lipinski definition) is 1. The van der Waals surface area contributed by atoms with E-state index in [2.05, 4.69) is 41.3 Å². The Kier molecular flexibility index (Phi) is 7.41. The van der Waals surface area contributed by atoms with Crippen molar-refractivity contribution in [2.75, 3.05) is 5.75 Å². The van der Waals surface area contributed by atoms with Gasteiger partial charge in [0.1, 0.15) is 0 Å². The number of carbonyl (C=O) groups excluding carboxylic acids is 1. The van der Waals surface area contributed by atoms with Gasteiger partial charge in [-0.05, 0) is 49.9 Å². The minimum atomic E-state index is 0.0133. The highest BCUT2D eigenvalue weighted by Gasteiger charge is 2.17. The Hall–Kier alpha value is -2.67. The predicted molar refractivity (Wildman–Crippen MR) is 117 cm³/mol. The van der Waals surface area contributed by atoms with Crippen molar-refractivity contribution in [3.63, 3.8) is 0 Å². The summed E-state index contributed by atoms with van der Waals surface area (Å²) < 4.78 is 1.98. The number of aromatic nitrogens is 4. The lowest BCUT2D eigenvalue weighted by atomic mass is 10.0. The van der Waals surface area contributed by atoms with Crippen molar-refractivity contribution in [1.29, 1.82) is 0 Å². The third kappa shape index (κ3) is 5.90. The van der Waals surface area contributed by atoms with E-state index in [1.807, 2.05) is 47.0 Å². The molecule has 7 heteroatoms. The van der Waals surface area contributed by atoms with Crippen LogP contribution in [0.1, 0.15) is 33.6 Å². The smallest absolute Gasteiger partial charge is 0.230 e. The first-order valence-electron chi connectivity index (χ1n) is 9.88. The summed E-state index contributed by atoms with van der Waals surface area (Å²) >= 11 is 1.39. The van der Waals surface area contributed by atoms with Crippen LogP contribution in [0.3, 0.4) is 0 Å². The Morgan fingerprint density at radius 1 is 1.03 bits per heavy atom. The maximum Gasteiger partial charge on any atom is 0.230 e. The molecule has 1 amide bonds. The first-order valence-corrected chi connectivity index (χ1v) is 10.9. The molecule has 6 nitrogen and oxygen atoms in total. The molecular weight excluding hydrogens is 382 g/mol. The topological polar surface area (TPSA) is 72.7 Å². The molecule has 3 rings (SSSR count). The zero-order valence-corrected chi connectivity index (χ0v) is 17.9. The van der Waals surface area contributed by atoms with E-state index in [0.717, 1.165) is 29.9 Å². The molecule has 29 heavy (non-hydrogen) atoms. The molecule has 0 aliphatic heterocycles. The van der Waals surface area contributed by atoms with E-state index in [4.69, 9.17) is 0 Å². The number of nitrogens with zero attached hydrogens (tertiary/aromatic N) is 4. The fourth-order valence-corrected chi connectivity index (χ4v) is 3.73. The van der Waals surface area contributed by atoms with Crippen molar-refractivity contribution >= 4 is 17.7 Å². The summed E-state index contributed by atoms with van der Waals surface area (Å²) in [6, 6.07) is 13.9. The van der Waals surface area contributed by atoms with Gasteiger partial charge < -0.3 is 5.32 Å². The molecule has 0 fully saturated rings. The van der Waals surface area contributed by atoms with Gasteiger partial charge in [0.05, 0.1) is 5.75 Å². The average Bonchev–Trinajstić information content (AvgIpc) is 3.16. The van der Waals surface area contributed by atoms with Crippen molar-refractivity contribution in [1.82, 2.24) is 25.1 Å². The highest BCUT2D eigenvalue weighted by atomic mass is 32.2. The molecule has 1 atom stereocenters. The Bertz CT molecular complexity index is 911. The normalized spacial score (nSPS) is 12.1. The zero-order chi connectivity index (χ0) is 20.6. The van der Waals surface area contributed by atoms with Gasteiger partial charge in [0, 0.05) is 29.7 Å². The van der Waals surface area contributed by atoms with Crippen molar-refractivity contribution in [2.45, 2.75) is 44.8 Å². The number of nitrogens with one attached hydrogen (secondary N) is 1. The molecule has 1 aromatic carbocycles. The maximum atomic E-state index is 12.4. The van der Waals surface area contributed by atoms with E-state index in [0.29, 0.717) is 16.8 Å². The van der Waals surface area contributed by atoms with Crippen LogP contribution >= 0.6 is 11.8 Å². The van der Waals surface area contributed by atoms with E-state index in [-0.39, 0.29) is 11.9 Å². The van der Waals surface area contributed by atoms with Crippen LogP contribution in [0.2, 0.25) is 0 Å². The van der Waals surface area contributed by atoms with E-state index >= 15 is 0 Å². The van der Waals surface area contributed by atoms with Crippen LogP contribution in [-0.2, 0) is 4.79 Å². The highest BCUT2D eigenvalue weighted by molar-refractivity contribution is 7.99. The summed E-state index contributed by atoms with van der Waals surface area (Å²) in [5.74, 6) is 1.68. The Morgan fingerprint density at radius 2 is 1.76 bits per heavy atom. The number of carbonyl (C=O) groups is 1. The second kappa shape index (κ2) is 10.2. The predicted octanol–water partition coefficient (Wildman–Crippen LogP) is 4.36. The van der Waals surface area contributed by atoms with Crippen LogP contribution in [0.4, 0.5) is 0 Å². The van der Waals surface area contributed by atoms with Crippen LogP contribution < -0.4 is 5.32 Å². The fourth-order valence-electron chi connectivity index (χ4n) is 2.96. The van der Waals surface area contributed by atoms with Crippen LogP contribution in [0.15, 0.2) is 60.0 Å². The Labute approximate surface area is 176 Å². The standard InChI is InChI=1S/C22H27N5OS/c1-16(2)9-10-17(3)24-20(28)15-29-22-26-25-21(18-11-13-23-14-12-18)27(22)19-7-5-4-6-8-19/h4-8,11-14,16-17H,9-10,15H2,1-3H3,(H,24,28)/t17-/m1/s1. The molecule has 0 spiro atoms. The second-order valence-corrected chi connectivity index (χ2v) is 8.38. The molecule has 1 N–H and O–H groups in total. The maximum absolute atomic E-state index is 12.4. The summed E-state index contributed by atoms with van der Waals surface area (Å²) in [5.41, 5.74) is 1.88. The van der Waals surface area contributed by atoms with Crippen LogP contribution in [0.5, 0.6) is 0 Å². The zero-order valence-electron chi connectivity index (χ0n) is 17.1. The van der Waals surface area contributed by atoms with Crippen molar-refractivity contribution < 1.29 is 4.79 Å². The van der Waals surface area contributed by atoms with E-state index in [1.165, 1.54) is 11.8 Å². The van der Waals surface area contributed by atoms with Gasteiger partial charge >= 0.3 is 0 Å². The number of amides is 1. The molecule has 0 bridgehead atoms. The number of benzene rings is 1. The molecule has 0 saturated carbocycles. The van der Waals surface area contributed by atoms with Gasteiger partial charge in [0.25, 0.3) is 0 Å². The summed E-state index contributed by atoms with van der Waals surface area (Å²) in [5, 5.41) is 12.5. The summed E-state index contributed by atoms with van der Waals surface area (Å²) in [4.78, 5) is 16.5. The molecule has 2 aromatic heterocycles. The number of rotatable bonds is 9. The number of para-hydroxylation sites is 1. The lowest BCUT2D eigenvalue weighted by molar-refractivity contribution is -0.119. The third-order valence-corrected chi connectivity index (χ3v) is 5.43. The minimum Gasteiger partial charge on any atom is -0.353 e. The van der Waals surface area contributed by atoms with Gasteiger partial charge in [-0.15, -0.1) is 10.2 Å². The van der Waals surface area contributed by atoms with Crippen molar-refractivity contribution in [2.24, 2.45) is 5.92 Å². The largest absolute Gasteiger partial charge is 0.353 e. The molecular formula is C22H27N5OS. The van der Waals surface area contributed by atoms with Gasteiger partial charge in [0.15, 0.2) is 11.0 Å². The lowest BCUT2D eigenvalue weighted by Gasteiger charge is -2.15. The number of pyridine rings is 1. The number of hydrogen-bond acceptors (Lipinski definition) is 5. The molecule has 0 unspecified atom stereocenters. The quantitative estimate of drug-likeness (QED) is 0.532. The van der Waals surface area contributed by atoms with Gasteiger partial charge in [0.2, 0.25) is 5.91 Å². The minimum absolute atomic E-state index is 0.0133. The Balaban J connectivity index is 1.74. The number of thioether (sulfide) groups is 1. The van der Waals surface area contributed by atoms with E-state index in [1.54, 1.807) is 12.4 Å².